The van der Waals surface area contributed by atoms with Gasteiger partial charge in [-0.25, -0.2) is 0 Å². The van der Waals surface area contributed by atoms with Gasteiger partial charge < -0.3 is 11.1 Å². The molecule has 3 nitrogen and oxygen atoms in total. The standard InChI is InChI=1S/C5H13N3S/c1-7-5(8-2)9-4-3-6/h3-4,6H2,1-2H3,(H,7,8). The summed E-state index contributed by atoms with van der Waals surface area (Å²) in [7, 11) is 3.61. The number of hydrogen-bond acceptors (Lipinski definition) is 3. The van der Waals surface area contributed by atoms with E-state index in [1.807, 2.05) is 7.05 Å². The van der Waals surface area contributed by atoms with Crippen LogP contribution in [0.4, 0.5) is 0 Å². The Kier molecular flexibility index (Phi) is 5.76. The van der Waals surface area contributed by atoms with Crippen LogP contribution in [0.5, 0.6) is 0 Å². The molecule has 3 N–H and O–H groups in total. The molecular formula is C5H13N3S. The largest absolute Gasteiger partial charge is 0.368 e. The maximum Gasteiger partial charge on any atom is 0.156 e. The highest BCUT2D eigenvalue weighted by Gasteiger charge is 1.91. The molecule has 0 aromatic rings. The Morgan fingerprint density at radius 2 is 2.44 bits per heavy atom. The van der Waals surface area contributed by atoms with Gasteiger partial charge in [0.1, 0.15) is 0 Å². The molecule has 0 radical (unpaired) electrons. The average Bonchev–Trinajstić information content (AvgIpc) is 1.91. The van der Waals surface area contributed by atoms with E-state index >= 15 is 0 Å². The van der Waals surface area contributed by atoms with Gasteiger partial charge in [0.05, 0.1) is 0 Å². The fraction of sp³-hybridized carbons (Fsp3) is 0.800. The Bertz CT molecular complexity index is 92.2. The summed E-state index contributed by atoms with van der Waals surface area (Å²) in [5.41, 5.74) is 5.28. The van der Waals surface area contributed by atoms with Crippen LogP contribution < -0.4 is 11.1 Å². The van der Waals surface area contributed by atoms with Crippen LogP contribution in [-0.4, -0.2) is 31.6 Å². The van der Waals surface area contributed by atoms with Gasteiger partial charge in [0.15, 0.2) is 5.17 Å². The Labute approximate surface area is 60.1 Å². The van der Waals surface area contributed by atoms with E-state index in [-0.39, 0.29) is 0 Å². The van der Waals surface area contributed by atoms with Gasteiger partial charge in [-0.05, 0) is 0 Å². The zero-order valence-electron chi connectivity index (χ0n) is 5.85. The maximum atomic E-state index is 5.28. The molecule has 0 aromatic heterocycles. The van der Waals surface area contributed by atoms with E-state index in [9.17, 15) is 0 Å². The van der Waals surface area contributed by atoms with Gasteiger partial charge in [-0.3, -0.25) is 4.99 Å². The van der Waals surface area contributed by atoms with Crippen molar-refractivity contribution >= 4 is 16.9 Å². The first-order chi connectivity index (χ1) is 4.35. The molecule has 0 aromatic carbocycles. The number of rotatable bonds is 2. The Balaban J connectivity index is 3.33. The van der Waals surface area contributed by atoms with Crippen molar-refractivity contribution in [1.82, 2.24) is 5.32 Å². The monoisotopic (exact) mass is 147 g/mol. The molecule has 9 heavy (non-hydrogen) atoms. The minimum Gasteiger partial charge on any atom is -0.368 e. The second-order valence-corrected chi connectivity index (χ2v) is 2.50. The van der Waals surface area contributed by atoms with Crippen LogP contribution in [0.3, 0.4) is 0 Å². The molecule has 0 amide bonds. The Morgan fingerprint density at radius 1 is 1.78 bits per heavy atom. The number of nitrogens with one attached hydrogen (secondary N) is 1. The van der Waals surface area contributed by atoms with Crippen molar-refractivity contribution in [2.75, 3.05) is 26.4 Å². The molecular weight excluding hydrogens is 134 g/mol. The van der Waals surface area contributed by atoms with Gasteiger partial charge in [-0.15, -0.1) is 0 Å². The van der Waals surface area contributed by atoms with Crippen LogP contribution in [0.2, 0.25) is 0 Å². The minimum absolute atomic E-state index is 0.700. The fourth-order valence-electron chi connectivity index (χ4n) is 0.404. The van der Waals surface area contributed by atoms with Crippen LogP contribution in [0.25, 0.3) is 0 Å². The van der Waals surface area contributed by atoms with E-state index in [1.165, 1.54) is 0 Å². The molecule has 0 unspecified atom stereocenters. The first-order valence-electron chi connectivity index (χ1n) is 2.82. The molecule has 0 bridgehead atoms. The number of nitrogens with two attached hydrogens (primary N) is 1. The molecule has 0 aliphatic rings. The molecule has 0 saturated heterocycles. The van der Waals surface area contributed by atoms with Gasteiger partial charge in [-0.2, -0.15) is 0 Å². The molecule has 0 saturated carbocycles. The Hall–Kier alpha value is -0.220. The van der Waals surface area contributed by atoms with Gasteiger partial charge in [0, 0.05) is 26.4 Å². The molecule has 0 heterocycles. The van der Waals surface area contributed by atoms with Crippen LogP contribution in [0.15, 0.2) is 4.99 Å². The third-order valence-corrected chi connectivity index (χ3v) is 1.87. The summed E-state index contributed by atoms with van der Waals surface area (Å²) in [4.78, 5) is 3.96. The van der Waals surface area contributed by atoms with Gasteiger partial charge in [0.25, 0.3) is 0 Å². The zero-order valence-corrected chi connectivity index (χ0v) is 6.66. The van der Waals surface area contributed by atoms with Crippen LogP contribution in [-0.2, 0) is 0 Å². The molecule has 0 rings (SSSR count). The second-order valence-electron chi connectivity index (χ2n) is 1.42. The van der Waals surface area contributed by atoms with Crippen molar-refractivity contribution in [3.05, 3.63) is 0 Å². The first kappa shape index (κ1) is 8.78. The maximum absolute atomic E-state index is 5.28. The average molecular weight is 147 g/mol. The van der Waals surface area contributed by atoms with Crippen molar-refractivity contribution in [2.24, 2.45) is 10.7 Å². The number of amidine groups is 1. The summed E-state index contributed by atoms with van der Waals surface area (Å²) < 4.78 is 0. The predicted octanol–water partition coefficient (Wildman–Crippen LogP) is -0.117. The van der Waals surface area contributed by atoms with Crippen molar-refractivity contribution in [3.63, 3.8) is 0 Å². The topological polar surface area (TPSA) is 50.4 Å². The molecule has 4 heteroatoms. The lowest BCUT2D eigenvalue weighted by Crippen LogP contribution is -2.16. The third-order valence-electron chi connectivity index (χ3n) is 0.774. The van der Waals surface area contributed by atoms with Crippen molar-refractivity contribution in [2.45, 2.75) is 0 Å². The molecule has 0 fully saturated rings. The summed E-state index contributed by atoms with van der Waals surface area (Å²) in [5, 5.41) is 3.89. The summed E-state index contributed by atoms with van der Waals surface area (Å²) in [5.74, 6) is 0.924. The lowest BCUT2D eigenvalue weighted by atomic mass is 10.8. The van der Waals surface area contributed by atoms with E-state index < -0.39 is 0 Å². The van der Waals surface area contributed by atoms with Gasteiger partial charge in [-0.1, -0.05) is 11.8 Å². The molecule has 0 aliphatic carbocycles. The van der Waals surface area contributed by atoms with E-state index in [0.29, 0.717) is 6.54 Å². The van der Waals surface area contributed by atoms with Crippen molar-refractivity contribution in [1.29, 1.82) is 0 Å². The smallest absolute Gasteiger partial charge is 0.156 e. The zero-order chi connectivity index (χ0) is 7.11. The van der Waals surface area contributed by atoms with E-state index in [2.05, 4.69) is 10.3 Å². The summed E-state index contributed by atoms with van der Waals surface area (Å²) in [6.45, 7) is 0.700. The lowest BCUT2D eigenvalue weighted by Gasteiger charge is -2.00. The molecule has 54 valence electrons. The quantitative estimate of drug-likeness (QED) is 0.423. The van der Waals surface area contributed by atoms with Gasteiger partial charge >= 0.3 is 0 Å². The first-order valence-corrected chi connectivity index (χ1v) is 3.81. The van der Waals surface area contributed by atoms with Crippen molar-refractivity contribution < 1.29 is 0 Å². The summed E-state index contributed by atoms with van der Waals surface area (Å²) in [6.07, 6.45) is 0. The summed E-state index contributed by atoms with van der Waals surface area (Å²) >= 11 is 1.64. The highest BCUT2D eigenvalue weighted by atomic mass is 32.2. The SMILES string of the molecule is CN=C(NC)SCCN. The second kappa shape index (κ2) is 5.91. The lowest BCUT2D eigenvalue weighted by molar-refractivity contribution is 1.15. The third kappa shape index (κ3) is 4.29. The van der Waals surface area contributed by atoms with E-state index in [0.717, 1.165) is 10.9 Å². The predicted molar refractivity (Wildman–Crippen MR) is 43.9 cm³/mol. The highest BCUT2D eigenvalue weighted by molar-refractivity contribution is 8.13. The molecule has 0 spiro atoms. The van der Waals surface area contributed by atoms with Crippen LogP contribution in [0, 0.1) is 0 Å². The number of aliphatic imine (C=N–C) groups is 1. The number of thioether (sulfide) groups is 1. The highest BCUT2D eigenvalue weighted by Crippen LogP contribution is 1.97. The van der Waals surface area contributed by atoms with E-state index in [4.69, 9.17) is 5.73 Å². The van der Waals surface area contributed by atoms with Crippen LogP contribution in [0.1, 0.15) is 0 Å². The minimum atomic E-state index is 0.700. The fourth-order valence-corrected chi connectivity index (χ4v) is 0.989. The van der Waals surface area contributed by atoms with E-state index in [1.54, 1.807) is 18.8 Å². The molecule has 0 aliphatic heterocycles. The molecule has 0 atom stereocenters. The van der Waals surface area contributed by atoms with Crippen LogP contribution >= 0.6 is 11.8 Å². The Morgan fingerprint density at radius 3 is 2.78 bits per heavy atom. The summed E-state index contributed by atoms with van der Waals surface area (Å²) in [6, 6.07) is 0. The van der Waals surface area contributed by atoms with Gasteiger partial charge in [0.2, 0.25) is 0 Å². The normalized spacial score (nSPS) is 11.7. The number of nitrogens with zero attached hydrogens (tertiary/aromatic N) is 1. The van der Waals surface area contributed by atoms with Crippen molar-refractivity contribution in [3.8, 4) is 0 Å². The number of hydrogen-bond donors (Lipinski definition) is 2.